The molecule has 1 aromatic carbocycles. The third-order valence-corrected chi connectivity index (χ3v) is 3.94. The van der Waals surface area contributed by atoms with E-state index in [2.05, 4.69) is 16.0 Å². The lowest BCUT2D eigenvalue weighted by molar-refractivity contribution is -0.130. The van der Waals surface area contributed by atoms with Gasteiger partial charge in [0.05, 0.1) is 0 Å². The normalized spacial score (nSPS) is 19.2. The number of hydrogen-bond acceptors (Lipinski definition) is 3. The second-order valence-electron chi connectivity index (χ2n) is 6.56. The van der Waals surface area contributed by atoms with Gasteiger partial charge in [0, 0.05) is 19.0 Å². The summed E-state index contributed by atoms with van der Waals surface area (Å²) in [6, 6.07) is 8.91. The number of piperidine rings is 1. The highest BCUT2D eigenvalue weighted by atomic mass is 16.2. The van der Waals surface area contributed by atoms with Gasteiger partial charge in [-0.15, -0.1) is 0 Å². The van der Waals surface area contributed by atoms with Crippen LogP contribution >= 0.6 is 0 Å². The first-order valence-electron chi connectivity index (χ1n) is 8.41. The van der Waals surface area contributed by atoms with Gasteiger partial charge in [-0.3, -0.25) is 9.59 Å². The van der Waals surface area contributed by atoms with E-state index >= 15 is 0 Å². The number of rotatable bonds is 6. The van der Waals surface area contributed by atoms with E-state index in [0.717, 1.165) is 31.5 Å². The van der Waals surface area contributed by atoms with Crippen LogP contribution in [0.2, 0.25) is 0 Å². The molecule has 0 aromatic heterocycles. The van der Waals surface area contributed by atoms with E-state index in [0.29, 0.717) is 6.42 Å². The molecule has 0 saturated carbocycles. The Balaban J connectivity index is 2.06. The summed E-state index contributed by atoms with van der Waals surface area (Å²) in [6.45, 7) is 5.77. The Hall–Kier alpha value is -1.88. The molecular weight excluding hydrogens is 290 g/mol. The van der Waals surface area contributed by atoms with Crippen LogP contribution in [0.5, 0.6) is 0 Å². The summed E-state index contributed by atoms with van der Waals surface area (Å²) in [7, 11) is 0. The maximum absolute atomic E-state index is 12.7. The fraction of sp³-hybridized carbons (Fsp3) is 0.556. The molecule has 1 aliphatic rings. The van der Waals surface area contributed by atoms with E-state index in [1.807, 2.05) is 44.2 Å². The minimum Gasteiger partial charge on any atom is -0.350 e. The van der Waals surface area contributed by atoms with Gasteiger partial charge in [-0.05, 0) is 30.9 Å². The van der Waals surface area contributed by atoms with E-state index in [9.17, 15) is 9.59 Å². The van der Waals surface area contributed by atoms with Crippen molar-refractivity contribution >= 4 is 11.8 Å². The molecular formula is C18H27N3O2. The largest absolute Gasteiger partial charge is 0.350 e. The summed E-state index contributed by atoms with van der Waals surface area (Å²) in [4.78, 5) is 24.8. The lowest BCUT2D eigenvalue weighted by Gasteiger charge is -2.27. The third kappa shape index (κ3) is 5.67. The monoisotopic (exact) mass is 317 g/mol. The van der Waals surface area contributed by atoms with Crippen molar-refractivity contribution in [1.82, 2.24) is 16.0 Å². The molecule has 3 N–H and O–H groups in total. The SMILES string of the molecule is CC(C)CC(=O)NC(C(=O)N[C@H]1CCCNC1)c1ccccc1. The number of hydrogen-bond donors (Lipinski definition) is 3. The van der Waals surface area contributed by atoms with E-state index in [1.165, 1.54) is 0 Å². The Kier molecular flexibility index (Phi) is 6.59. The molecule has 2 atom stereocenters. The highest BCUT2D eigenvalue weighted by Gasteiger charge is 2.25. The Bertz CT molecular complexity index is 510. The molecule has 0 spiro atoms. The molecule has 126 valence electrons. The predicted molar refractivity (Wildman–Crippen MR) is 90.8 cm³/mol. The molecule has 1 fully saturated rings. The molecule has 23 heavy (non-hydrogen) atoms. The number of carbonyl (C=O) groups excluding carboxylic acids is 2. The zero-order chi connectivity index (χ0) is 16.7. The smallest absolute Gasteiger partial charge is 0.247 e. The lowest BCUT2D eigenvalue weighted by atomic mass is 10.0. The van der Waals surface area contributed by atoms with E-state index < -0.39 is 6.04 Å². The van der Waals surface area contributed by atoms with Crippen LogP contribution in [0, 0.1) is 5.92 Å². The number of carbonyl (C=O) groups is 2. The molecule has 5 nitrogen and oxygen atoms in total. The second-order valence-corrected chi connectivity index (χ2v) is 6.56. The Labute approximate surface area is 138 Å². The topological polar surface area (TPSA) is 70.2 Å². The van der Waals surface area contributed by atoms with E-state index in [4.69, 9.17) is 0 Å². The number of amides is 2. The van der Waals surface area contributed by atoms with Crippen LogP contribution < -0.4 is 16.0 Å². The number of benzene rings is 1. The fourth-order valence-corrected chi connectivity index (χ4v) is 2.80. The first-order chi connectivity index (χ1) is 11.1. The maximum Gasteiger partial charge on any atom is 0.247 e. The molecule has 0 bridgehead atoms. The highest BCUT2D eigenvalue weighted by molar-refractivity contribution is 5.88. The van der Waals surface area contributed by atoms with Gasteiger partial charge in [-0.25, -0.2) is 0 Å². The van der Waals surface area contributed by atoms with Gasteiger partial charge < -0.3 is 16.0 Å². The van der Waals surface area contributed by atoms with Crippen molar-refractivity contribution in [2.75, 3.05) is 13.1 Å². The lowest BCUT2D eigenvalue weighted by Crippen LogP contribution is -2.49. The summed E-state index contributed by atoms with van der Waals surface area (Å²) in [6.07, 6.45) is 2.45. The van der Waals surface area contributed by atoms with Crippen molar-refractivity contribution in [3.8, 4) is 0 Å². The van der Waals surface area contributed by atoms with Crippen LogP contribution in [0.25, 0.3) is 0 Å². The zero-order valence-corrected chi connectivity index (χ0v) is 14.0. The van der Waals surface area contributed by atoms with Gasteiger partial charge in [0.15, 0.2) is 0 Å². The van der Waals surface area contributed by atoms with Gasteiger partial charge in [0.25, 0.3) is 0 Å². The minimum atomic E-state index is -0.635. The summed E-state index contributed by atoms with van der Waals surface area (Å²) >= 11 is 0. The summed E-state index contributed by atoms with van der Waals surface area (Å²) < 4.78 is 0. The molecule has 5 heteroatoms. The van der Waals surface area contributed by atoms with Crippen molar-refractivity contribution in [3.63, 3.8) is 0 Å². The minimum absolute atomic E-state index is 0.0919. The van der Waals surface area contributed by atoms with Crippen molar-refractivity contribution in [2.45, 2.75) is 45.2 Å². The standard InChI is InChI=1S/C18H27N3O2/c1-13(2)11-16(22)21-17(14-7-4-3-5-8-14)18(23)20-15-9-6-10-19-12-15/h3-5,7-8,13,15,17,19H,6,9-12H2,1-2H3,(H,20,23)(H,21,22)/t15-,17?/m0/s1. The van der Waals surface area contributed by atoms with Crippen molar-refractivity contribution in [1.29, 1.82) is 0 Å². The van der Waals surface area contributed by atoms with Crippen LogP contribution in [0.1, 0.15) is 44.7 Å². The molecule has 1 heterocycles. The van der Waals surface area contributed by atoms with Crippen molar-refractivity contribution in [2.24, 2.45) is 5.92 Å². The quantitative estimate of drug-likeness (QED) is 0.749. The van der Waals surface area contributed by atoms with Gasteiger partial charge in [-0.1, -0.05) is 44.2 Å². The molecule has 1 saturated heterocycles. The number of nitrogens with one attached hydrogen (secondary N) is 3. The second kappa shape index (κ2) is 8.67. The van der Waals surface area contributed by atoms with E-state index in [-0.39, 0.29) is 23.8 Å². The average Bonchev–Trinajstić information content (AvgIpc) is 2.53. The first kappa shape index (κ1) is 17.5. The fourth-order valence-electron chi connectivity index (χ4n) is 2.80. The molecule has 0 aliphatic carbocycles. The van der Waals surface area contributed by atoms with Gasteiger partial charge >= 0.3 is 0 Å². The molecule has 1 unspecified atom stereocenters. The first-order valence-corrected chi connectivity index (χ1v) is 8.41. The molecule has 1 aromatic rings. The summed E-state index contributed by atoms with van der Waals surface area (Å²) in [5, 5.41) is 9.23. The van der Waals surface area contributed by atoms with Crippen LogP contribution in [0.4, 0.5) is 0 Å². The third-order valence-electron chi connectivity index (χ3n) is 3.94. The molecule has 2 amide bonds. The van der Waals surface area contributed by atoms with Crippen LogP contribution in [-0.4, -0.2) is 30.9 Å². The Morgan fingerprint density at radius 2 is 2.00 bits per heavy atom. The predicted octanol–water partition coefficient (Wildman–Crippen LogP) is 1.76. The summed E-state index contributed by atoms with van der Waals surface area (Å²) in [5.74, 6) is 0.0322. The van der Waals surface area contributed by atoms with Crippen LogP contribution in [-0.2, 0) is 9.59 Å². The van der Waals surface area contributed by atoms with Crippen LogP contribution in [0.15, 0.2) is 30.3 Å². The van der Waals surface area contributed by atoms with E-state index in [1.54, 1.807) is 0 Å². The van der Waals surface area contributed by atoms with Crippen molar-refractivity contribution < 1.29 is 9.59 Å². The maximum atomic E-state index is 12.7. The highest BCUT2D eigenvalue weighted by Crippen LogP contribution is 2.15. The van der Waals surface area contributed by atoms with Gasteiger partial charge in [0.1, 0.15) is 6.04 Å². The Morgan fingerprint density at radius 1 is 1.26 bits per heavy atom. The van der Waals surface area contributed by atoms with Crippen LogP contribution in [0.3, 0.4) is 0 Å². The zero-order valence-electron chi connectivity index (χ0n) is 14.0. The molecule has 1 aliphatic heterocycles. The van der Waals surface area contributed by atoms with Crippen molar-refractivity contribution in [3.05, 3.63) is 35.9 Å². The average molecular weight is 317 g/mol. The van der Waals surface area contributed by atoms with Gasteiger partial charge in [-0.2, -0.15) is 0 Å². The van der Waals surface area contributed by atoms with Gasteiger partial charge in [0.2, 0.25) is 11.8 Å². The Morgan fingerprint density at radius 3 is 2.61 bits per heavy atom. The molecule has 0 radical (unpaired) electrons. The summed E-state index contributed by atoms with van der Waals surface area (Å²) in [5.41, 5.74) is 0.811. The molecule has 2 rings (SSSR count).